The van der Waals surface area contributed by atoms with Crippen molar-refractivity contribution in [3.8, 4) is 0 Å². The molecule has 16 heavy (non-hydrogen) atoms. The number of hydrogen-bond donors (Lipinski definition) is 2. The van der Waals surface area contributed by atoms with Crippen molar-refractivity contribution >= 4 is 0 Å². The van der Waals surface area contributed by atoms with Crippen LogP contribution in [0.15, 0.2) is 50.6 Å². The van der Waals surface area contributed by atoms with E-state index in [1.54, 1.807) is 24.3 Å². The highest BCUT2D eigenvalue weighted by Gasteiger charge is 2.45. The largest absolute Gasteiger partial charge is 0.386 e. The summed E-state index contributed by atoms with van der Waals surface area (Å²) in [4.78, 5) is 0. The van der Waals surface area contributed by atoms with Gasteiger partial charge in [0.25, 0.3) is 0 Å². The van der Waals surface area contributed by atoms with Crippen LogP contribution in [0.5, 0.6) is 0 Å². The van der Waals surface area contributed by atoms with E-state index < -0.39 is 11.2 Å². The zero-order valence-electron chi connectivity index (χ0n) is 9.86. The maximum atomic E-state index is 10.5. The SMILES string of the molecule is C=CCC(O)(CC=C)C(O)(CC=C)CC=C. The molecule has 0 aromatic heterocycles. The van der Waals surface area contributed by atoms with Crippen molar-refractivity contribution in [2.75, 3.05) is 0 Å². The van der Waals surface area contributed by atoms with E-state index in [1.165, 1.54) is 0 Å². The summed E-state index contributed by atoms with van der Waals surface area (Å²) in [6.07, 6.45) is 7.60. The van der Waals surface area contributed by atoms with Gasteiger partial charge in [0.1, 0.15) is 11.2 Å². The lowest BCUT2D eigenvalue weighted by Gasteiger charge is -2.42. The summed E-state index contributed by atoms with van der Waals surface area (Å²) in [6.45, 7) is 14.4. The van der Waals surface area contributed by atoms with Crippen LogP contribution in [0, 0.1) is 0 Å². The summed E-state index contributed by atoms with van der Waals surface area (Å²) in [7, 11) is 0. The van der Waals surface area contributed by atoms with Gasteiger partial charge in [-0.3, -0.25) is 0 Å². The molecule has 0 aromatic rings. The molecule has 90 valence electrons. The molecule has 0 aliphatic rings. The third-order valence-corrected chi connectivity index (χ3v) is 2.79. The minimum absolute atomic E-state index is 0.303. The van der Waals surface area contributed by atoms with Gasteiger partial charge >= 0.3 is 0 Å². The molecule has 0 aromatic carbocycles. The van der Waals surface area contributed by atoms with E-state index in [1.807, 2.05) is 0 Å². The molecule has 2 N–H and O–H groups in total. The zero-order chi connectivity index (χ0) is 12.7. The molecule has 0 aliphatic carbocycles. The molecule has 2 nitrogen and oxygen atoms in total. The highest BCUT2D eigenvalue weighted by atomic mass is 16.4. The van der Waals surface area contributed by atoms with Crippen molar-refractivity contribution in [1.29, 1.82) is 0 Å². The average Bonchev–Trinajstić information content (AvgIpc) is 2.19. The highest BCUT2D eigenvalue weighted by Crippen LogP contribution is 2.36. The summed E-state index contributed by atoms with van der Waals surface area (Å²) in [6, 6.07) is 0. The Hall–Kier alpha value is -1.12. The molecule has 0 atom stereocenters. The predicted octanol–water partition coefficient (Wildman–Crippen LogP) is 2.75. The van der Waals surface area contributed by atoms with Crippen molar-refractivity contribution in [2.45, 2.75) is 36.9 Å². The van der Waals surface area contributed by atoms with Gasteiger partial charge in [-0.2, -0.15) is 0 Å². The first-order valence-electron chi connectivity index (χ1n) is 5.38. The Kier molecular flexibility index (Phi) is 6.01. The summed E-state index contributed by atoms with van der Waals surface area (Å²) in [5, 5.41) is 21.0. The number of aliphatic hydroxyl groups is 2. The second kappa shape index (κ2) is 6.46. The van der Waals surface area contributed by atoms with E-state index in [9.17, 15) is 10.2 Å². The lowest BCUT2D eigenvalue weighted by molar-refractivity contribution is -0.145. The molecule has 0 saturated carbocycles. The standard InChI is InChI=1S/C14H22O2/c1-5-9-13(15,10-6-2)14(16,11-7-3)12-8-4/h5-8,15-16H,1-4,9-12H2. The van der Waals surface area contributed by atoms with Crippen LogP contribution in [0.25, 0.3) is 0 Å². The van der Waals surface area contributed by atoms with Gasteiger partial charge in [0.05, 0.1) is 0 Å². The Morgan fingerprint density at radius 2 is 0.812 bits per heavy atom. The molecular weight excluding hydrogens is 200 g/mol. The summed E-state index contributed by atoms with van der Waals surface area (Å²) in [5.41, 5.74) is -2.53. The van der Waals surface area contributed by atoms with Crippen LogP contribution < -0.4 is 0 Å². The fourth-order valence-electron chi connectivity index (χ4n) is 1.88. The van der Waals surface area contributed by atoms with Crippen LogP contribution in [0.1, 0.15) is 25.7 Å². The van der Waals surface area contributed by atoms with Gasteiger partial charge in [-0.05, 0) is 25.7 Å². The quantitative estimate of drug-likeness (QED) is 0.589. The van der Waals surface area contributed by atoms with Crippen LogP contribution in [0.2, 0.25) is 0 Å². The van der Waals surface area contributed by atoms with Crippen LogP contribution in [0.4, 0.5) is 0 Å². The maximum Gasteiger partial charge on any atom is 0.101 e. The summed E-state index contributed by atoms with van der Waals surface area (Å²) < 4.78 is 0. The van der Waals surface area contributed by atoms with Gasteiger partial charge in [-0.15, -0.1) is 26.3 Å². The molecular formula is C14H22O2. The Balaban J connectivity index is 5.19. The molecule has 0 unspecified atom stereocenters. The van der Waals surface area contributed by atoms with E-state index in [4.69, 9.17) is 0 Å². The zero-order valence-corrected chi connectivity index (χ0v) is 9.86. The Morgan fingerprint density at radius 1 is 0.625 bits per heavy atom. The Morgan fingerprint density at radius 3 is 0.938 bits per heavy atom. The van der Waals surface area contributed by atoms with Crippen molar-refractivity contribution in [1.82, 2.24) is 0 Å². The molecule has 0 saturated heterocycles. The van der Waals surface area contributed by atoms with Gasteiger partial charge in [-0.1, -0.05) is 24.3 Å². The van der Waals surface area contributed by atoms with Crippen molar-refractivity contribution in [3.63, 3.8) is 0 Å². The van der Waals surface area contributed by atoms with Crippen molar-refractivity contribution in [3.05, 3.63) is 50.6 Å². The first kappa shape index (κ1) is 14.9. The van der Waals surface area contributed by atoms with Crippen molar-refractivity contribution in [2.24, 2.45) is 0 Å². The normalized spacial score (nSPS) is 11.9. The maximum absolute atomic E-state index is 10.5. The third kappa shape index (κ3) is 3.19. The van der Waals surface area contributed by atoms with Gasteiger partial charge in [-0.25, -0.2) is 0 Å². The molecule has 0 rings (SSSR count). The Bertz CT molecular complexity index is 218. The number of rotatable bonds is 9. The van der Waals surface area contributed by atoms with Gasteiger partial charge in [0, 0.05) is 0 Å². The minimum Gasteiger partial charge on any atom is -0.386 e. The van der Waals surface area contributed by atoms with Gasteiger partial charge < -0.3 is 10.2 Å². The van der Waals surface area contributed by atoms with Crippen LogP contribution in [0.3, 0.4) is 0 Å². The second-order valence-electron chi connectivity index (χ2n) is 4.03. The fraction of sp³-hybridized carbons (Fsp3) is 0.429. The molecule has 0 amide bonds. The Labute approximate surface area is 98.3 Å². The van der Waals surface area contributed by atoms with Gasteiger partial charge in [0.15, 0.2) is 0 Å². The van der Waals surface area contributed by atoms with Crippen LogP contribution in [-0.2, 0) is 0 Å². The molecule has 0 aliphatic heterocycles. The van der Waals surface area contributed by atoms with E-state index in [2.05, 4.69) is 26.3 Å². The van der Waals surface area contributed by atoms with Crippen molar-refractivity contribution < 1.29 is 10.2 Å². The molecule has 0 bridgehead atoms. The second-order valence-corrected chi connectivity index (χ2v) is 4.03. The first-order chi connectivity index (χ1) is 7.49. The summed E-state index contributed by atoms with van der Waals surface area (Å²) >= 11 is 0. The minimum atomic E-state index is -1.27. The summed E-state index contributed by atoms with van der Waals surface area (Å²) in [5.74, 6) is 0. The van der Waals surface area contributed by atoms with E-state index in [0.717, 1.165) is 0 Å². The highest BCUT2D eigenvalue weighted by molar-refractivity contribution is 5.09. The fourth-order valence-corrected chi connectivity index (χ4v) is 1.88. The lowest BCUT2D eigenvalue weighted by atomic mass is 9.74. The van der Waals surface area contributed by atoms with E-state index in [-0.39, 0.29) is 0 Å². The molecule has 0 fully saturated rings. The average molecular weight is 222 g/mol. The lowest BCUT2D eigenvalue weighted by Crippen LogP contribution is -2.53. The molecule has 0 heterocycles. The molecule has 0 radical (unpaired) electrons. The topological polar surface area (TPSA) is 40.5 Å². The smallest absolute Gasteiger partial charge is 0.101 e. The molecule has 2 heteroatoms. The first-order valence-corrected chi connectivity index (χ1v) is 5.38. The predicted molar refractivity (Wildman–Crippen MR) is 69.2 cm³/mol. The van der Waals surface area contributed by atoms with E-state index in [0.29, 0.717) is 25.7 Å². The van der Waals surface area contributed by atoms with Gasteiger partial charge in [0.2, 0.25) is 0 Å². The third-order valence-electron chi connectivity index (χ3n) is 2.79. The monoisotopic (exact) mass is 222 g/mol. The molecule has 0 spiro atoms. The van der Waals surface area contributed by atoms with E-state index >= 15 is 0 Å². The van der Waals surface area contributed by atoms with Crippen LogP contribution >= 0.6 is 0 Å². The van der Waals surface area contributed by atoms with Crippen LogP contribution in [-0.4, -0.2) is 21.4 Å². The number of hydrogen-bond acceptors (Lipinski definition) is 2.